The fraction of sp³-hybridized carbons (Fsp3) is 0.611. The summed E-state index contributed by atoms with van der Waals surface area (Å²) >= 11 is 1.95. The van der Waals surface area contributed by atoms with E-state index in [9.17, 15) is 4.79 Å². The SMILES string of the molecule is CCc1ccc(C2CNCCN2C(=O)CC2CSCCN2)cc1. The Morgan fingerprint density at radius 3 is 2.83 bits per heavy atom. The van der Waals surface area contributed by atoms with Crippen molar-refractivity contribution in [2.24, 2.45) is 0 Å². The number of nitrogens with zero attached hydrogens (tertiary/aromatic N) is 1. The van der Waals surface area contributed by atoms with Gasteiger partial charge in [0.1, 0.15) is 0 Å². The van der Waals surface area contributed by atoms with E-state index in [4.69, 9.17) is 0 Å². The maximum absolute atomic E-state index is 12.8. The van der Waals surface area contributed by atoms with Gasteiger partial charge in [0.25, 0.3) is 0 Å². The molecule has 3 rings (SSSR count). The summed E-state index contributed by atoms with van der Waals surface area (Å²) in [6.07, 6.45) is 1.67. The summed E-state index contributed by atoms with van der Waals surface area (Å²) in [7, 11) is 0. The highest BCUT2D eigenvalue weighted by Crippen LogP contribution is 2.24. The molecule has 0 radical (unpaired) electrons. The van der Waals surface area contributed by atoms with Crippen LogP contribution in [-0.2, 0) is 11.2 Å². The van der Waals surface area contributed by atoms with E-state index in [1.807, 2.05) is 11.8 Å². The Hall–Kier alpha value is -1.04. The lowest BCUT2D eigenvalue weighted by atomic mass is 10.00. The number of carbonyl (C=O) groups excluding carboxylic acids is 1. The molecule has 2 atom stereocenters. The number of amides is 1. The fourth-order valence-electron chi connectivity index (χ4n) is 3.35. The Kier molecular flexibility index (Phi) is 5.97. The third-order valence-corrected chi connectivity index (χ3v) is 5.89. The molecule has 2 heterocycles. The summed E-state index contributed by atoms with van der Waals surface area (Å²) in [6.45, 7) is 5.74. The Morgan fingerprint density at radius 1 is 1.30 bits per heavy atom. The Morgan fingerprint density at radius 2 is 2.13 bits per heavy atom. The van der Waals surface area contributed by atoms with Crippen molar-refractivity contribution < 1.29 is 4.79 Å². The first-order valence-electron chi connectivity index (χ1n) is 8.68. The largest absolute Gasteiger partial charge is 0.333 e. The van der Waals surface area contributed by atoms with E-state index in [2.05, 4.69) is 46.7 Å². The van der Waals surface area contributed by atoms with Gasteiger partial charge in [0, 0.05) is 50.1 Å². The van der Waals surface area contributed by atoms with Crippen molar-refractivity contribution >= 4 is 17.7 Å². The van der Waals surface area contributed by atoms with E-state index in [0.29, 0.717) is 12.5 Å². The molecule has 126 valence electrons. The first-order chi connectivity index (χ1) is 11.3. The van der Waals surface area contributed by atoms with Crippen LogP contribution >= 0.6 is 11.8 Å². The van der Waals surface area contributed by atoms with Crippen molar-refractivity contribution in [2.45, 2.75) is 31.8 Å². The molecule has 0 bridgehead atoms. The highest BCUT2D eigenvalue weighted by Gasteiger charge is 2.29. The number of rotatable bonds is 4. The van der Waals surface area contributed by atoms with E-state index < -0.39 is 0 Å². The van der Waals surface area contributed by atoms with Crippen LogP contribution in [0.3, 0.4) is 0 Å². The maximum Gasteiger partial charge on any atom is 0.224 e. The van der Waals surface area contributed by atoms with Gasteiger partial charge in [-0.25, -0.2) is 0 Å². The zero-order valence-corrected chi connectivity index (χ0v) is 14.7. The third kappa shape index (κ3) is 4.28. The standard InChI is InChI=1S/C18H27N3OS/c1-2-14-3-5-15(6-4-14)17-12-19-7-9-21(17)18(22)11-16-13-23-10-8-20-16/h3-6,16-17,19-20H,2,7-13H2,1H3. The lowest BCUT2D eigenvalue weighted by Gasteiger charge is -2.38. The van der Waals surface area contributed by atoms with Crippen LogP contribution in [0.15, 0.2) is 24.3 Å². The van der Waals surface area contributed by atoms with Gasteiger partial charge in [-0.05, 0) is 17.5 Å². The van der Waals surface area contributed by atoms with Crippen molar-refractivity contribution in [1.82, 2.24) is 15.5 Å². The van der Waals surface area contributed by atoms with E-state index in [1.54, 1.807) is 0 Å². The first-order valence-corrected chi connectivity index (χ1v) is 9.83. The molecule has 1 aromatic rings. The van der Waals surface area contributed by atoms with Gasteiger partial charge in [0.2, 0.25) is 5.91 Å². The molecule has 0 aromatic heterocycles. The van der Waals surface area contributed by atoms with Crippen LogP contribution in [-0.4, -0.2) is 54.5 Å². The second-order valence-electron chi connectivity index (χ2n) is 6.33. The number of hydrogen-bond donors (Lipinski definition) is 2. The predicted octanol–water partition coefficient (Wildman–Crippen LogP) is 1.82. The minimum Gasteiger partial charge on any atom is -0.333 e. The van der Waals surface area contributed by atoms with Gasteiger partial charge >= 0.3 is 0 Å². The van der Waals surface area contributed by atoms with Crippen LogP contribution in [0, 0.1) is 0 Å². The van der Waals surface area contributed by atoms with Crippen LogP contribution < -0.4 is 10.6 Å². The number of benzene rings is 1. The molecule has 5 heteroatoms. The zero-order valence-electron chi connectivity index (χ0n) is 13.9. The topological polar surface area (TPSA) is 44.4 Å². The molecule has 1 amide bonds. The van der Waals surface area contributed by atoms with Crippen molar-refractivity contribution in [1.29, 1.82) is 0 Å². The Bertz CT molecular complexity index is 514. The van der Waals surface area contributed by atoms with Crippen LogP contribution in [0.25, 0.3) is 0 Å². The summed E-state index contributed by atoms with van der Waals surface area (Å²) < 4.78 is 0. The predicted molar refractivity (Wildman–Crippen MR) is 96.9 cm³/mol. The number of hydrogen-bond acceptors (Lipinski definition) is 4. The van der Waals surface area contributed by atoms with Crippen molar-refractivity contribution in [2.75, 3.05) is 37.7 Å². The molecule has 2 N–H and O–H groups in total. The lowest BCUT2D eigenvalue weighted by molar-refractivity contribution is -0.135. The highest BCUT2D eigenvalue weighted by molar-refractivity contribution is 7.99. The van der Waals surface area contributed by atoms with Gasteiger partial charge in [-0.1, -0.05) is 31.2 Å². The van der Waals surface area contributed by atoms with Crippen LogP contribution in [0.5, 0.6) is 0 Å². The quantitative estimate of drug-likeness (QED) is 0.882. The molecule has 0 spiro atoms. The number of nitrogens with one attached hydrogen (secondary N) is 2. The van der Waals surface area contributed by atoms with Gasteiger partial charge in [0.15, 0.2) is 0 Å². The molecule has 2 aliphatic heterocycles. The van der Waals surface area contributed by atoms with Crippen molar-refractivity contribution in [3.05, 3.63) is 35.4 Å². The van der Waals surface area contributed by atoms with Crippen LogP contribution in [0.4, 0.5) is 0 Å². The average Bonchev–Trinajstić information content (AvgIpc) is 2.62. The average molecular weight is 334 g/mol. The van der Waals surface area contributed by atoms with Gasteiger partial charge in [-0.2, -0.15) is 11.8 Å². The van der Waals surface area contributed by atoms with Gasteiger partial charge < -0.3 is 15.5 Å². The minimum atomic E-state index is 0.165. The summed E-state index contributed by atoms with van der Waals surface area (Å²) in [5.41, 5.74) is 2.59. The maximum atomic E-state index is 12.8. The normalized spacial score (nSPS) is 25.3. The minimum absolute atomic E-state index is 0.165. The first kappa shape index (κ1) is 16.8. The molecular formula is C18H27N3OS. The molecule has 2 saturated heterocycles. The summed E-state index contributed by atoms with van der Waals surface area (Å²) in [4.78, 5) is 14.9. The fourth-order valence-corrected chi connectivity index (χ4v) is 4.30. The third-order valence-electron chi connectivity index (χ3n) is 4.76. The van der Waals surface area contributed by atoms with Crippen LogP contribution in [0.2, 0.25) is 0 Å². The zero-order chi connectivity index (χ0) is 16.1. The molecule has 1 aromatic carbocycles. The second-order valence-corrected chi connectivity index (χ2v) is 7.48. The van der Waals surface area contributed by atoms with Crippen LogP contribution in [0.1, 0.15) is 30.5 Å². The van der Waals surface area contributed by atoms with E-state index in [1.165, 1.54) is 11.1 Å². The van der Waals surface area contributed by atoms with E-state index in [0.717, 1.165) is 44.1 Å². The molecule has 4 nitrogen and oxygen atoms in total. The van der Waals surface area contributed by atoms with Crippen molar-refractivity contribution in [3.8, 4) is 0 Å². The summed E-state index contributed by atoms with van der Waals surface area (Å²) in [5.74, 6) is 2.49. The molecule has 2 fully saturated rings. The molecule has 2 aliphatic rings. The summed E-state index contributed by atoms with van der Waals surface area (Å²) in [6, 6.07) is 9.24. The smallest absolute Gasteiger partial charge is 0.224 e. The Balaban J connectivity index is 1.68. The number of thioether (sulfide) groups is 1. The molecule has 23 heavy (non-hydrogen) atoms. The Labute approximate surface area is 143 Å². The van der Waals surface area contributed by atoms with E-state index in [-0.39, 0.29) is 11.9 Å². The monoisotopic (exact) mass is 333 g/mol. The van der Waals surface area contributed by atoms with E-state index >= 15 is 0 Å². The number of piperazine rings is 1. The van der Waals surface area contributed by atoms with Crippen molar-refractivity contribution in [3.63, 3.8) is 0 Å². The highest BCUT2D eigenvalue weighted by atomic mass is 32.2. The van der Waals surface area contributed by atoms with Gasteiger partial charge in [-0.15, -0.1) is 0 Å². The number of aryl methyl sites for hydroxylation is 1. The summed E-state index contributed by atoms with van der Waals surface area (Å²) in [5, 5.41) is 6.91. The second kappa shape index (κ2) is 8.18. The lowest BCUT2D eigenvalue weighted by Crippen LogP contribution is -2.50. The molecule has 0 aliphatic carbocycles. The molecule has 0 saturated carbocycles. The van der Waals surface area contributed by atoms with Gasteiger partial charge in [0.05, 0.1) is 6.04 Å². The molecular weight excluding hydrogens is 306 g/mol. The molecule has 2 unspecified atom stereocenters. The number of carbonyl (C=O) groups is 1. The van der Waals surface area contributed by atoms with Gasteiger partial charge in [-0.3, -0.25) is 4.79 Å².